The van der Waals surface area contributed by atoms with Crippen LogP contribution >= 0.6 is 11.3 Å². The molecule has 9 aromatic rings. The standard InChI is InChI=1S/C17H10N4S.2C10H8N2.Os/c1-4-10-13(18-7-1)14-11(5-2-8-19-14)16-15(10)20-17(21-16)12-6-3-9-22-12;2*1-3-7-11-9(5-1)10-6-2-4-8-12-10;/h1-9H,(H,20,21);2*1-8H;. The molecule has 47 heavy (non-hydrogen) atoms. The predicted molar refractivity (Wildman–Crippen MR) is 185 cm³/mol. The molecule has 8 nitrogen and oxygen atoms in total. The Hall–Kier alpha value is -5.55. The molecule has 8 aromatic heterocycles. The maximum atomic E-state index is 4.82. The number of rotatable bonds is 3. The summed E-state index contributed by atoms with van der Waals surface area (Å²) in [4.78, 5) is 35.2. The Balaban J connectivity index is 0.000000132. The van der Waals surface area contributed by atoms with E-state index in [2.05, 4.69) is 58.5 Å². The van der Waals surface area contributed by atoms with Gasteiger partial charge in [-0.15, -0.1) is 11.3 Å². The fraction of sp³-hybridized carbons (Fsp3) is 0. The average Bonchev–Trinajstić information content (AvgIpc) is 3.86. The third-order valence-corrected chi connectivity index (χ3v) is 7.88. The van der Waals surface area contributed by atoms with Crippen LogP contribution in [0.25, 0.3) is 66.3 Å². The molecule has 1 aromatic carbocycles. The van der Waals surface area contributed by atoms with E-state index in [9.17, 15) is 0 Å². The van der Waals surface area contributed by atoms with E-state index in [0.717, 1.165) is 66.3 Å². The van der Waals surface area contributed by atoms with Crippen molar-refractivity contribution in [2.75, 3.05) is 0 Å². The van der Waals surface area contributed by atoms with E-state index >= 15 is 0 Å². The van der Waals surface area contributed by atoms with Gasteiger partial charge in [-0.2, -0.15) is 0 Å². The Morgan fingerprint density at radius 1 is 0.426 bits per heavy atom. The van der Waals surface area contributed by atoms with E-state index < -0.39 is 0 Å². The van der Waals surface area contributed by atoms with E-state index in [4.69, 9.17) is 4.98 Å². The first-order valence-corrected chi connectivity index (χ1v) is 15.4. The SMILES string of the molecule is [Os].c1ccc(-c2ccccn2)nc1.c1ccc(-c2ccccn2)nc1.c1csc(-c2nc3c4cccnc4c4ncccc4c3[nH]2)c1. The van der Waals surface area contributed by atoms with Gasteiger partial charge >= 0.3 is 0 Å². The Morgan fingerprint density at radius 3 is 1.34 bits per heavy atom. The van der Waals surface area contributed by atoms with E-state index in [0.29, 0.717) is 0 Å². The summed E-state index contributed by atoms with van der Waals surface area (Å²) in [5.41, 5.74) is 7.44. The molecule has 0 unspecified atom stereocenters. The second-order valence-corrected chi connectivity index (χ2v) is 10.9. The van der Waals surface area contributed by atoms with Crippen LogP contribution < -0.4 is 0 Å². The van der Waals surface area contributed by atoms with Crippen molar-refractivity contribution in [3.63, 3.8) is 0 Å². The molecule has 0 fully saturated rings. The number of aromatic nitrogens is 8. The Bertz CT molecular complexity index is 2080. The molecule has 8 heterocycles. The zero-order valence-corrected chi connectivity index (χ0v) is 28.2. The summed E-state index contributed by atoms with van der Waals surface area (Å²) in [6.07, 6.45) is 10.7. The second kappa shape index (κ2) is 15.2. The molecule has 0 aliphatic rings. The van der Waals surface area contributed by atoms with E-state index in [1.165, 1.54) is 0 Å². The van der Waals surface area contributed by atoms with Gasteiger partial charge in [0.1, 0.15) is 5.82 Å². The van der Waals surface area contributed by atoms with Crippen molar-refractivity contribution >= 4 is 44.2 Å². The van der Waals surface area contributed by atoms with Gasteiger partial charge in [0.05, 0.1) is 49.7 Å². The quantitative estimate of drug-likeness (QED) is 0.178. The molecule has 0 aliphatic carbocycles. The number of benzene rings is 1. The molecule has 0 radical (unpaired) electrons. The predicted octanol–water partition coefficient (Wildman–Crippen LogP) is 8.67. The number of imidazole rings is 1. The van der Waals surface area contributed by atoms with Crippen molar-refractivity contribution in [3.05, 3.63) is 152 Å². The minimum Gasteiger partial charge on any atom is -0.337 e. The monoisotopic (exact) mass is 806 g/mol. The number of fused-ring (bicyclic) bond motifs is 6. The van der Waals surface area contributed by atoms with Crippen molar-refractivity contribution < 1.29 is 19.8 Å². The molecular formula is C37H26N8OsS. The topological polar surface area (TPSA) is 106 Å². The number of aromatic amines is 1. The summed E-state index contributed by atoms with van der Waals surface area (Å²) in [5.74, 6) is 0.895. The zero-order valence-electron chi connectivity index (χ0n) is 24.8. The molecule has 228 valence electrons. The summed E-state index contributed by atoms with van der Waals surface area (Å²) in [5, 5.41) is 4.14. The summed E-state index contributed by atoms with van der Waals surface area (Å²) < 4.78 is 0. The van der Waals surface area contributed by atoms with Gasteiger partial charge in [-0.05, 0) is 84.2 Å². The van der Waals surface area contributed by atoms with E-state index in [-0.39, 0.29) is 19.8 Å². The number of H-pyrrole nitrogens is 1. The number of hydrogen-bond donors (Lipinski definition) is 1. The van der Waals surface area contributed by atoms with Gasteiger partial charge in [-0.1, -0.05) is 30.3 Å². The second-order valence-electron chi connectivity index (χ2n) is 9.95. The molecule has 9 rings (SSSR count). The number of nitrogens with one attached hydrogen (secondary N) is 1. The van der Waals surface area contributed by atoms with Gasteiger partial charge in [-0.25, -0.2) is 4.98 Å². The minimum absolute atomic E-state index is 0. The molecular weight excluding hydrogens is 779 g/mol. The molecule has 0 saturated heterocycles. The molecule has 0 spiro atoms. The number of thiophene rings is 1. The van der Waals surface area contributed by atoms with Crippen LogP contribution in [0.15, 0.2) is 152 Å². The third kappa shape index (κ3) is 7.15. The molecule has 0 bridgehead atoms. The summed E-state index contributed by atoms with van der Waals surface area (Å²) >= 11 is 1.68. The maximum absolute atomic E-state index is 4.82. The zero-order chi connectivity index (χ0) is 31.0. The van der Waals surface area contributed by atoms with Crippen LogP contribution in [0.2, 0.25) is 0 Å². The molecule has 10 heteroatoms. The van der Waals surface area contributed by atoms with Crippen LogP contribution in [-0.4, -0.2) is 39.9 Å². The Labute approximate surface area is 287 Å². The molecule has 0 amide bonds. The van der Waals surface area contributed by atoms with Crippen LogP contribution in [0.1, 0.15) is 0 Å². The van der Waals surface area contributed by atoms with Gasteiger partial charge in [0.2, 0.25) is 0 Å². The first-order valence-electron chi connectivity index (χ1n) is 14.5. The van der Waals surface area contributed by atoms with Crippen molar-refractivity contribution in [1.82, 2.24) is 39.9 Å². The van der Waals surface area contributed by atoms with E-state index in [1.54, 1.807) is 48.5 Å². The van der Waals surface area contributed by atoms with Gasteiger partial charge in [-0.3, -0.25) is 29.9 Å². The average molecular weight is 805 g/mol. The van der Waals surface area contributed by atoms with Gasteiger partial charge in [0.15, 0.2) is 0 Å². The smallest absolute Gasteiger partial charge is 0.148 e. The first kappa shape index (κ1) is 31.4. The van der Waals surface area contributed by atoms with Gasteiger partial charge in [0.25, 0.3) is 0 Å². The van der Waals surface area contributed by atoms with Crippen molar-refractivity contribution in [1.29, 1.82) is 0 Å². The fourth-order valence-corrected chi connectivity index (χ4v) is 5.60. The van der Waals surface area contributed by atoms with Crippen LogP contribution in [0.5, 0.6) is 0 Å². The number of pyridine rings is 6. The molecule has 0 saturated carbocycles. The summed E-state index contributed by atoms with van der Waals surface area (Å²) in [6, 6.07) is 35.3. The third-order valence-electron chi connectivity index (χ3n) is 7.01. The van der Waals surface area contributed by atoms with Crippen molar-refractivity contribution in [3.8, 4) is 33.5 Å². The van der Waals surface area contributed by atoms with Gasteiger partial charge < -0.3 is 4.98 Å². The molecule has 1 N–H and O–H groups in total. The normalized spacial score (nSPS) is 10.4. The van der Waals surface area contributed by atoms with Crippen LogP contribution in [0.4, 0.5) is 0 Å². The summed E-state index contributed by atoms with van der Waals surface area (Å²) in [6.45, 7) is 0. The maximum Gasteiger partial charge on any atom is 0.148 e. The van der Waals surface area contributed by atoms with Crippen molar-refractivity contribution in [2.45, 2.75) is 0 Å². The van der Waals surface area contributed by atoms with Crippen LogP contribution in [0.3, 0.4) is 0 Å². The molecule has 0 aliphatic heterocycles. The summed E-state index contributed by atoms with van der Waals surface area (Å²) in [7, 11) is 0. The Kier molecular flexibility index (Phi) is 10.1. The number of nitrogens with zero attached hydrogens (tertiary/aromatic N) is 7. The minimum atomic E-state index is 0. The Morgan fingerprint density at radius 2 is 0.894 bits per heavy atom. The van der Waals surface area contributed by atoms with Gasteiger partial charge in [0, 0.05) is 67.7 Å². The fourth-order valence-electron chi connectivity index (χ4n) is 4.93. The first-order chi connectivity index (χ1) is 22.8. The number of hydrogen-bond acceptors (Lipinski definition) is 8. The van der Waals surface area contributed by atoms with Crippen molar-refractivity contribution in [2.24, 2.45) is 0 Å². The van der Waals surface area contributed by atoms with E-state index in [1.807, 2.05) is 91.0 Å². The van der Waals surface area contributed by atoms with Crippen LogP contribution in [0, 0.1) is 0 Å². The van der Waals surface area contributed by atoms with Crippen LogP contribution in [-0.2, 0) is 19.8 Å². The molecule has 0 atom stereocenters. The largest absolute Gasteiger partial charge is 0.337 e.